The molecule has 0 saturated carbocycles. The maximum atomic E-state index is 13.9. The van der Waals surface area contributed by atoms with Gasteiger partial charge in [-0.3, -0.25) is 9.59 Å². The molecule has 4 aromatic carbocycles. The number of amides is 2. The molecule has 2 aliphatic heterocycles. The highest BCUT2D eigenvalue weighted by molar-refractivity contribution is 9.10. The molecule has 0 spiro atoms. The van der Waals surface area contributed by atoms with Gasteiger partial charge in [-0.05, 0) is 47.7 Å². The van der Waals surface area contributed by atoms with Crippen LogP contribution in [0.3, 0.4) is 0 Å². The molecule has 0 unspecified atom stereocenters. The summed E-state index contributed by atoms with van der Waals surface area (Å²) in [5.74, 6) is 0.350. The number of halogens is 2. The molecule has 0 N–H and O–H groups in total. The normalized spacial score (nSPS) is 14.7. The minimum Gasteiger partial charge on any atom is -0.307 e. The summed E-state index contributed by atoms with van der Waals surface area (Å²) in [6.45, 7) is 7.61. The quantitative estimate of drug-likeness (QED) is 0.240. The van der Waals surface area contributed by atoms with Crippen LogP contribution in [0, 0.1) is 5.92 Å². The lowest BCUT2D eigenvalue weighted by atomic mass is 9.99. The smallest absolute Gasteiger partial charge is 0.259 e. The fourth-order valence-electron chi connectivity index (χ4n) is 5.83. The van der Waals surface area contributed by atoms with E-state index >= 15 is 0 Å². The van der Waals surface area contributed by atoms with Gasteiger partial charge in [0.1, 0.15) is 0 Å². The van der Waals surface area contributed by atoms with Gasteiger partial charge in [0, 0.05) is 43.2 Å². The highest BCUT2D eigenvalue weighted by Crippen LogP contribution is 2.38. The van der Waals surface area contributed by atoms with Gasteiger partial charge in [-0.15, -0.1) is 0 Å². The lowest BCUT2D eigenvalue weighted by Gasteiger charge is -2.24. The monoisotopic (exact) mass is 642 g/mol. The number of benzene rings is 4. The molecule has 4 nitrogen and oxygen atoms in total. The summed E-state index contributed by atoms with van der Waals surface area (Å²) in [6.07, 6.45) is 0.847. The Kier molecular flexibility index (Phi) is 6.72. The molecule has 39 heavy (non-hydrogen) atoms. The Labute approximate surface area is 244 Å². The molecule has 6 rings (SSSR count). The van der Waals surface area contributed by atoms with Crippen LogP contribution in [0.1, 0.15) is 38.3 Å². The minimum absolute atomic E-state index is 0.0256. The number of nitrogens with zero attached hydrogens (tertiary/aromatic N) is 2. The van der Waals surface area contributed by atoms with E-state index in [0.717, 1.165) is 70.2 Å². The van der Waals surface area contributed by atoms with Crippen LogP contribution in [0.5, 0.6) is 0 Å². The zero-order valence-electron chi connectivity index (χ0n) is 22.1. The summed E-state index contributed by atoms with van der Waals surface area (Å²) in [5.41, 5.74) is 5.15. The average Bonchev–Trinajstić information content (AvgIpc) is 3.35. The number of fused-ring (bicyclic) bond motifs is 5. The first-order valence-electron chi connectivity index (χ1n) is 13.3. The third-order valence-corrected chi connectivity index (χ3v) is 8.46. The molecule has 2 heterocycles. The van der Waals surface area contributed by atoms with Gasteiger partial charge in [0.2, 0.25) is 0 Å². The summed E-state index contributed by atoms with van der Waals surface area (Å²) >= 11 is 7.02. The first kappa shape index (κ1) is 26.0. The number of hydrogen-bond acceptors (Lipinski definition) is 2. The van der Waals surface area contributed by atoms with Crippen molar-refractivity contribution in [2.45, 2.75) is 27.2 Å². The third-order valence-electron chi connectivity index (χ3n) is 7.40. The van der Waals surface area contributed by atoms with E-state index in [1.807, 2.05) is 58.3 Å². The number of carbonyl (C=O) groups excluding carboxylic acids is 2. The highest BCUT2D eigenvalue weighted by Gasteiger charge is 2.35. The van der Waals surface area contributed by atoms with E-state index in [1.54, 1.807) is 0 Å². The van der Waals surface area contributed by atoms with E-state index in [2.05, 4.69) is 76.9 Å². The van der Waals surface area contributed by atoms with Crippen molar-refractivity contribution in [3.8, 4) is 0 Å². The van der Waals surface area contributed by atoms with Gasteiger partial charge in [-0.1, -0.05) is 101 Å². The van der Waals surface area contributed by atoms with Crippen LogP contribution >= 0.6 is 31.9 Å². The van der Waals surface area contributed by atoms with Crippen LogP contribution in [-0.4, -0.2) is 24.9 Å². The van der Waals surface area contributed by atoms with Gasteiger partial charge in [-0.2, -0.15) is 0 Å². The predicted molar refractivity (Wildman–Crippen MR) is 166 cm³/mol. The molecule has 0 bridgehead atoms. The highest BCUT2D eigenvalue weighted by atomic mass is 79.9. The second-order valence-corrected chi connectivity index (χ2v) is 12.4. The van der Waals surface area contributed by atoms with Gasteiger partial charge in [-0.25, -0.2) is 0 Å². The van der Waals surface area contributed by atoms with Crippen molar-refractivity contribution in [3.63, 3.8) is 0 Å². The van der Waals surface area contributed by atoms with Crippen molar-refractivity contribution in [2.24, 2.45) is 5.92 Å². The standard InChI is InChI=1S/C33H28Br2N2O2/c1-4-17-36-30-24-13-16-27-29(21-7-11-23(35)12-8-21)33(39)37(18-19(2)3)31(27)25(24)14-15-26(30)28(32(36)38)20-5-9-22(34)10-6-20/h5-16,19H,4,17-18H2,1-3H3. The van der Waals surface area contributed by atoms with Crippen molar-refractivity contribution in [2.75, 3.05) is 22.9 Å². The fraction of sp³-hybridized carbons (Fsp3) is 0.212. The lowest BCUT2D eigenvalue weighted by molar-refractivity contribution is -0.113. The van der Waals surface area contributed by atoms with Crippen molar-refractivity contribution in [1.29, 1.82) is 0 Å². The number of carbonyl (C=O) groups is 2. The Morgan fingerprint density at radius 3 is 1.51 bits per heavy atom. The molecule has 0 radical (unpaired) electrons. The molecule has 0 saturated heterocycles. The molecule has 2 amide bonds. The summed E-state index contributed by atoms with van der Waals surface area (Å²) in [5, 5.41) is 3.89. The molecule has 0 atom stereocenters. The Hall–Kier alpha value is -3.22. The summed E-state index contributed by atoms with van der Waals surface area (Å²) in [7, 11) is 0. The van der Waals surface area contributed by atoms with Crippen molar-refractivity contribution >= 4 is 77.0 Å². The van der Waals surface area contributed by atoms with Gasteiger partial charge >= 0.3 is 0 Å². The van der Waals surface area contributed by atoms with Crippen LogP contribution in [0.2, 0.25) is 0 Å². The second kappa shape index (κ2) is 10.1. The average molecular weight is 644 g/mol. The first-order valence-corrected chi connectivity index (χ1v) is 14.9. The maximum absolute atomic E-state index is 13.9. The van der Waals surface area contributed by atoms with E-state index < -0.39 is 0 Å². The van der Waals surface area contributed by atoms with Crippen molar-refractivity contribution in [1.82, 2.24) is 0 Å². The summed E-state index contributed by atoms with van der Waals surface area (Å²) < 4.78 is 1.95. The van der Waals surface area contributed by atoms with Crippen LogP contribution in [0.4, 0.5) is 11.4 Å². The molecule has 6 heteroatoms. The number of hydrogen-bond donors (Lipinski definition) is 0. The maximum Gasteiger partial charge on any atom is 0.259 e. The van der Waals surface area contributed by atoms with Crippen LogP contribution in [-0.2, 0) is 9.59 Å². The number of rotatable bonds is 6. The van der Waals surface area contributed by atoms with Crippen LogP contribution in [0.15, 0.2) is 81.7 Å². The Bertz CT molecular complexity index is 1770. The fourth-order valence-corrected chi connectivity index (χ4v) is 6.36. The van der Waals surface area contributed by atoms with E-state index in [9.17, 15) is 9.59 Å². The molecule has 0 aromatic heterocycles. The zero-order chi connectivity index (χ0) is 27.4. The SMILES string of the molecule is CCCN1C(=O)C(c2ccc(Br)cc2)=c2ccc3c4c(ccc3c21)=C(c1ccc(Br)cc1)C(=O)N4CC(C)C. The molecular formula is C33H28Br2N2O2. The Balaban J connectivity index is 1.67. The molecule has 4 aromatic rings. The van der Waals surface area contributed by atoms with Gasteiger partial charge in [0.25, 0.3) is 11.8 Å². The Morgan fingerprint density at radius 2 is 1.08 bits per heavy atom. The van der Waals surface area contributed by atoms with E-state index in [1.165, 1.54) is 0 Å². The van der Waals surface area contributed by atoms with Crippen LogP contribution < -0.4 is 20.2 Å². The molecule has 0 aliphatic carbocycles. The lowest BCUT2D eigenvalue weighted by Crippen LogP contribution is -2.32. The van der Waals surface area contributed by atoms with Gasteiger partial charge in [0.05, 0.1) is 22.5 Å². The second-order valence-electron chi connectivity index (χ2n) is 10.5. The van der Waals surface area contributed by atoms with Crippen molar-refractivity contribution in [3.05, 3.63) is 103 Å². The van der Waals surface area contributed by atoms with Crippen molar-refractivity contribution < 1.29 is 9.59 Å². The Morgan fingerprint density at radius 1 is 0.641 bits per heavy atom. The largest absolute Gasteiger partial charge is 0.307 e. The van der Waals surface area contributed by atoms with E-state index in [-0.39, 0.29) is 11.8 Å². The molecule has 196 valence electrons. The molecular weight excluding hydrogens is 616 g/mol. The molecule has 0 fully saturated rings. The first-order chi connectivity index (χ1) is 18.8. The molecule has 2 aliphatic rings. The zero-order valence-corrected chi connectivity index (χ0v) is 25.3. The predicted octanol–water partition coefficient (Wildman–Crippen LogP) is 6.52. The van der Waals surface area contributed by atoms with E-state index in [0.29, 0.717) is 19.0 Å². The summed E-state index contributed by atoms with van der Waals surface area (Å²) in [4.78, 5) is 31.7. The van der Waals surface area contributed by atoms with Gasteiger partial charge in [0.15, 0.2) is 0 Å². The van der Waals surface area contributed by atoms with Gasteiger partial charge < -0.3 is 9.80 Å². The summed E-state index contributed by atoms with van der Waals surface area (Å²) in [6, 6.07) is 24.2. The topological polar surface area (TPSA) is 40.6 Å². The third kappa shape index (κ3) is 4.25. The number of anilines is 2. The van der Waals surface area contributed by atoms with Crippen LogP contribution in [0.25, 0.3) is 21.9 Å². The minimum atomic E-state index is 0.0256. The van der Waals surface area contributed by atoms with E-state index in [4.69, 9.17) is 0 Å².